The van der Waals surface area contributed by atoms with E-state index >= 15 is 0 Å². The highest BCUT2D eigenvalue weighted by atomic mass is 16.1. The Morgan fingerprint density at radius 2 is 2.00 bits per heavy atom. The highest BCUT2D eigenvalue weighted by Crippen LogP contribution is 2.23. The molecule has 0 saturated carbocycles. The van der Waals surface area contributed by atoms with E-state index in [1.165, 1.54) is 0 Å². The van der Waals surface area contributed by atoms with Crippen LogP contribution < -0.4 is 0 Å². The molecule has 0 aliphatic rings. The summed E-state index contributed by atoms with van der Waals surface area (Å²) in [4.78, 5) is 16.9. The quantitative estimate of drug-likeness (QED) is 0.669. The van der Waals surface area contributed by atoms with Gasteiger partial charge in [0.05, 0.1) is 11.3 Å². The summed E-state index contributed by atoms with van der Waals surface area (Å²) in [6, 6.07) is 7.58. The van der Waals surface area contributed by atoms with Crippen molar-refractivity contribution in [1.82, 2.24) is 14.8 Å². The van der Waals surface area contributed by atoms with Crippen molar-refractivity contribution < 1.29 is 4.79 Å². The van der Waals surface area contributed by atoms with Crippen molar-refractivity contribution in [2.45, 2.75) is 13.8 Å². The van der Waals surface area contributed by atoms with Crippen LogP contribution in [0, 0.1) is 13.8 Å². The Balaban J connectivity index is 2.23. The van der Waals surface area contributed by atoms with E-state index < -0.39 is 0 Å². The summed E-state index contributed by atoms with van der Waals surface area (Å²) in [5, 5.41) is 6.22. The van der Waals surface area contributed by atoms with Gasteiger partial charge in [0, 0.05) is 36.1 Å². The van der Waals surface area contributed by atoms with E-state index in [0.29, 0.717) is 11.1 Å². The maximum atomic E-state index is 12.8. The zero-order valence-corrected chi connectivity index (χ0v) is 11.7. The fourth-order valence-corrected chi connectivity index (χ4v) is 2.56. The molecule has 0 bridgehead atoms. The smallest absolute Gasteiger partial charge is 0.197 e. The van der Waals surface area contributed by atoms with Gasteiger partial charge < -0.3 is 0 Å². The number of carbonyl (C=O) groups excluding carboxylic acids is 1. The van der Waals surface area contributed by atoms with Crippen LogP contribution in [0.5, 0.6) is 0 Å². The van der Waals surface area contributed by atoms with Gasteiger partial charge in [-0.05, 0) is 25.3 Å². The Kier molecular flexibility index (Phi) is 2.86. The Morgan fingerprint density at radius 3 is 2.70 bits per heavy atom. The molecule has 0 atom stereocenters. The zero-order valence-electron chi connectivity index (χ0n) is 11.7. The first-order valence-corrected chi connectivity index (χ1v) is 6.47. The standard InChI is InChI=1S/C16H15N3O/c1-10-15(11(2)19(3)18-10)16(20)14-6-4-5-12-9-17-8-7-13(12)14/h4-9H,1-3H3. The van der Waals surface area contributed by atoms with Crippen molar-refractivity contribution in [3.8, 4) is 0 Å². The molecule has 100 valence electrons. The Morgan fingerprint density at radius 1 is 1.20 bits per heavy atom. The van der Waals surface area contributed by atoms with Crippen LogP contribution in [0.4, 0.5) is 0 Å². The van der Waals surface area contributed by atoms with E-state index in [4.69, 9.17) is 0 Å². The molecule has 0 radical (unpaired) electrons. The molecular weight excluding hydrogens is 250 g/mol. The molecule has 0 saturated heterocycles. The van der Waals surface area contributed by atoms with E-state index in [0.717, 1.165) is 22.2 Å². The van der Waals surface area contributed by atoms with Crippen LogP contribution in [0.15, 0.2) is 36.7 Å². The SMILES string of the molecule is Cc1nn(C)c(C)c1C(=O)c1cccc2cnccc12. The fourth-order valence-electron chi connectivity index (χ4n) is 2.56. The summed E-state index contributed by atoms with van der Waals surface area (Å²) in [7, 11) is 1.85. The van der Waals surface area contributed by atoms with E-state index in [9.17, 15) is 4.79 Å². The monoisotopic (exact) mass is 265 g/mol. The Bertz CT molecular complexity index is 812. The van der Waals surface area contributed by atoms with Gasteiger partial charge in [-0.2, -0.15) is 5.10 Å². The maximum absolute atomic E-state index is 12.8. The number of benzene rings is 1. The number of ketones is 1. The van der Waals surface area contributed by atoms with Crippen LogP contribution in [0.1, 0.15) is 27.3 Å². The van der Waals surface area contributed by atoms with Crippen molar-refractivity contribution in [3.63, 3.8) is 0 Å². The summed E-state index contributed by atoms with van der Waals surface area (Å²) >= 11 is 0. The second-order valence-electron chi connectivity index (χ2n) is 4.90. The topological polar surface area (TPSA) is 47.8 Å². The molecule has 0 fully saturated rings. The molecule has 4 heteroatoms. The van der Waals surface area contributed by atoms with Crippen molar-refractivity contribution in [1.29, 1.82) is 0 Å². The van der Waals surface area contributed by atoms with Gasteiger partial charge in [-0.15, -0.1) is 0 Å². The lowest BCUT2D eigenvalue weighted by atomic mass is 9.97. The summed E-state index contributed by atoms with van der Waals surface area (Å²) < 4.78 is 1.75. The average molecular weight is 265 g/mol. The Labute approximate surface area is 117 Å². The second kappa shape index (κ2) is 4.56. The predicted octanol–water partition coefficient (Wildman–Crippen LogP) is 2.82. The predicted molar refractivity (Wildman–Crippen MR) is 77.9 cm³/mol. The largest absolute Gasteiger partial charge is 0.288 e. The third-order valence-electron chi connectivity index (χ3n) is 3.66. The van der Waals surface area contributed by atoms with Gasteiger partial charge in [0.25, 0.3) is 0 Å². The number of carbonyl (C=O) groups is 1. The number of rotatable bonds is 2. The van der Waals surface area contributed by atoms with E-state index in [1.807, 2.05) is 45.2 Å². The molecule has 2 aromatic heterocycles. The lowest BCUT2D eigenvalue weighted by molar-refractivity contribution is 0.103. The minimum absolute atomic E-state index is 0.0184. The molecule has 0 unspecified atom stereocenters. The fraction of sp³-hybridized carbons (Fsp3) is 0.188. The summed E-state index contributed by atoms with van der Waals surface area (Å²) in [6.07, 6.45) is 3.48. The molecule has 1 aromatic carbocycles. The third-order valence-corrected chi connectivity index (χ3v) is 3.66. The molecule has 3 rings (SSSR count). The minimum Gasteiger partial charge on any atom is -0.288 e. The molecule has 0 N–H and O–H groups in total. The van der Waals surface area contributed by atoms with Crippen LogP contribution in [-0.2, 0) is 7.05 Å². The van der Waals surface area contributed by atoms with Crippen LogP contribution in [0.3, 0.4) is 0 Å². The van der Waals surface area contributed by atoms with Crippen LogP contribution in [0.2, 0.25) is 0 Å². The highest BCUT2D eigenvalue weighted by Gasteiger charge is 2.20. The van der Waals surface area contributed by atoms with E-state index in [-0.39, 0.29) is 5.78 Å². The number of aryl methyl sites for hydroxylation is 2. The molecule has 0 aliphatic carbocycles. The third kappa shape index (κ3) is 1.81. The first-order valence-electron chi connectivity index (χ1n) is 6.47. The second-order valence-corrected chi connectivity index (χ2v) is 4.90. The molecule has 4 nitrogen and oxygen atoms in total. The molecule has 3 aromatic rings. The maximum Gasteiger partial charge on any atom is 0.197 e. The Hall–Kier alpha value is -2.49. The molecule has 0 aliphatic heterocycles. The first-order chi connectivity index (χ1) is 9.59. The molecule has 0 spiro atoms. The van der Waals surface area contributed by atoms with Gasteiger partial charge in [0.15, 0.2) is 5.78 Å². The molecule has 20 heavy (non-hydrogen) atoms. The van der Waals surface area contributed by atoms with Gasteiger partial charge in [0.2, 0.25) is 0 Å². The van der Waals surface area contributed by atoms with Crippen LogP contribution in [-0.4, -0.2) is 20.5 Å². The van der Waals surface area contributed by atoms with E-state index in [1.54, 1.807) is 17.1 Å². The van der Waals surface area contributed by atoms with Gasteiger partial charge in [-0.1, -0.05) is 18.2 Å². The minimum atomic E-state index is 0.0184. The molecule has 2 heterocycles. The summed E-state index contributed by atoms with van der Waals surface area (Å²) in [5.74, 6) is 0.0184. The lowest BCUT2D eigenvalue weighted by Gasteiger charge is -2.06. The van der Waals surface area contributed by atoms with E-state index in [2.05, 4.69) is 10.1 Å². The van der Waals surface area contributed by atoms with Crippen LogP contribution in [0.25, 0.3) is 10.8 Å². The number of hydrogen-bond donors (Lipinski definition) is 0. The van der Waals surface area contributed by atoms with Crippen molar-refractivity contribution in [3.05, 3.63) is 59.2 Å². The van der Waals surface area contributed by atoms with Gasteiger partial charge in [0.1, 0.15) is 0 Å². The van der Waals surface area contributed by atoms with Crippen molar-refractivity contribution in [2.75, 3.05) is 0 Å². The lowest BCUT2D eigenvalue weighted by Crippen LogP contribution is -2.05. The molecule has 0 amide bonds. The first kappa shape index (κ1) is 12.5. The van der Waals surface area contributed by atoms with Crippen molar-refractivity contribution >= 4 is 16.6 Å². The summed E-state index contributed by atoms with van der Waals surface area (Å²) in [5.41, 5.74) is 3.04. The molecular formula is C16H15N3O. The normalized spacial score (nSPS) is 10.9. The number of hydrogen-bond acceptors (Lipinski definition) is 3. The van der Waals surface area contributed by atoms with Crippen LogP contribution >= 0.6 is 0 Å². The number of pyridine rings is 1. The number of aromatic nitrogens is 3. The van der Waals surface area contributed by atoms with Crippen molar-refractivity contribution in [2.24, 2.45) is 7.05 Å². The van der Waals surface area contributed by atoms with Gasteiger partial charge >= 0.3 is 0 Å². The van der Waals surface area contributed by atoms with Gasteiger partial charge in [-0.3, -0.25) is 14.5 Å². The van der Waals surface area contributed by atoms with Gasteiger partial charge in [-0.25, -0.2) is 0 Å². The number of nitrogens with zero attached hydrogens (tertiary/aromatic N) is 3. The average Bonchev–Trinajstić information content (AvgIpc) is 2.71. The highest BCUT2D eigenvalue weighted by molar-refractivity contribution is 6.17. The number of fused-ring (bicyclic) bond motifs is 1. The summed E-state index contributed by atoms with van der Waals surface area (Å²) in [6.45, 7) is 3.78. The zero-order chi connectivity index (χ0) is 14.3.